The topological polar surface area (TPSA) is 46.9 Å². The Hall–Kier alpha value is -2.56. The lowest BCUT2D eigenvalue weighted by Crippen LogP contribution is -2.03. The molecule has 4 rings (SSSR count). The molecule has 0 fully saturated rings. The van der Waals surface area contributed by atoms with Crippen molar-refractivity contribution in [2.24, 2.45) is 0 Å². The molecule has 0 saturated carbocycles. The lowest BCUT2D eigenvalue weighted by atomic mass is 10.0. The number of hydrogen-bond donors (Lipinski definition) is 1. The molecule has 0 saturated heterocycles. The van der Waals surface area contributed by atoms with Crippen LogP contribution < -0.4 is 5.32 Å². The summed E-state index contributed by atoms with van der Waals surface area (Å²) in [5.74, 6) is -0.179. The van der Waals surface area contributed by atoms with Crippen molar-refractivity contribution in [2.45, 2.75) is 20.8 Å². The number of benzene rings is 2. The van der Waals surface area contributed by atoms with Gasteiger partial charge in [-0.15, -0.1) is 0 Å². The quantitative estimate of drug-likeness (QED) is 0.572. The Morgan fingerprint density at radius 2 is 1.85 bits per heavy atom. The Morgan fingerprint density at radius 1 is 1.07 bits per heavy atom. The molecule has 0 unspecified atom stereocenters. The highest BCUT2D eigenvalue weighted by Crippen LogP contribution is 2.37. The van der Waals surface area contributed by atoms with Crippen molar-refractivity contribution >= 4 is 46.4 Å². The fraction of sp³-hybridized carbons (Fsp3) is 0.143. The Morgan fingerprint density at radius 3 is 2.59 bits per heavy atom. The number of aromatic nitrogens is 2. The molecule has 27 heavy (non-hydrogen) atoms. The minimum Gasteiger partial charge on any atom is -0.321 e. The van der Waals surface area contributed by atoms with E-state index in [2.05, 4.69) is 16.5 Å². The minimum atomic E-state index is -0.179. The van der Waals surface area contributed by atoms with Crippen LogP contribution in [0.2, 0.25) is 10.2 Å². The fourth-order valence-corrected chi connectivity index (χ4v) is 3.82. The summed E-state index contributed by atoms with van der Waals surface area (Å²) in [6, 6.07) is 11.4. The second-order valence-corrected chi connectivity index (χ2v) is 7.49. The van der Waals surface area contributed by atoms with Crippen molar-refractivity contribution in [2.75, 3.05) is 5.32 Å². The average molecular weight is 398 g/mol. The van der Waals surface area contributed by atoms with E-state index in [-0.39, 0.29) is 5.91 Å². The number of carbonyl (C=O) groups is 1. The molecular weight excluding hydrogens is 381 g/mol. The van der Waals surface area contributed by atoms with Gasteiger partial charge < -0.3 is 5.32 Å². The zero-order valence-electron chi connectivity index (χ0n) is 15.1. The van der Waals surface area contributed by atoms with Crippen molar-refractivity contribution in [1.82, 2.24) is 9.78 Å². The van der Waals surface area contributed by atoms with Gasteiger partial charge in [0, 0.05) is 27.4 Å². The Balaban J connectivity index is 1.85. The molecule has 2 aromatic carbocycles. The van der Waals surface area contributed by atoms with Gasteiger partial charge in [0.15, 0.2) is 0 Å². The number of carbonyl (C=O) groups excluding carboxylic acids is 1. The third kappa shape index (κ3) is 3.05. The number of nitrogens with zero attached hydrogens (tertiary/aromatic N) is 2. The molecule has 0 bridgehead atoms. The second kappa shape index (κ2) is 6.55. The van der Waals surface area contributed by atoms with Crippen molar-refractivity contribution in [1.29, 1.82) is 0 Å². The lowest BCUT2D eigenvalue weighted by Gasteiger charge is -2.08. The fourth-order valence-electron chi connectivity index (χ4n) is 3.33. The molecule has 1 N–H and O–H groups in total. The standard InChI is InChI=1S/C21H17Cl2N3O/c1-11-4-7-19(12(2)8-11)26-20(23)15(13(3)25-26)10-17-16-9-14(22)5-6-18(16)24-21(17)27/h4-10H,1-3H3,(H,24,27)/b17-10+. The molecule has 2 heterocycles. The molecule has 0 spiro atoms. The Labute approximate surface area is 167 Å². The molecule has 0 radical (unpaired) electrons. The third-order valence-electron chi connectivity index (χ3n) is 4.68. The van der Waals surface area contributed by atoms with Gasteiger partial charge >= 0.3 is 0 Å². The number of amides is 1. The molecule has 3 aromatic rings. The van der Waals surface area contributed by atoms with Crippen LogP contribution in [0, 0.1) is 20.8 Å². The smallest absolute Gasteiger partial charge is 0.256 e. The van der Waals surface area contributed by atoms with E-state index >= 15 is 0 Å². The molecule has 1 amide bonds. The highest BCUT2D eigenvalue weighted by molar-refractivity contribution is 6.38. The van der Waals surface area contributed by atoms with Gasteiger partial charge in [0.05, 0.1) is 11.4 Å². The highest BCUT2D eigenvalue weighted by atomic mass is 35.5. The molecule has 136 valence electrons. The molecule has 1 aromatic heterocycles. The van der Waals surface area contributed by atoms with E-state index in [1.165, 1.54) is 5.56 Å². The number of fused-ring (bicyclic) bond motifs is 1. The SMILES string of the molecule is Cc1ccc(-n2nc(C)c(/C=C3/C(=O)Nc4ccc(Cl)cc43)c2Cl)c(C)c1. The molecule has 0 atom stereocenters. The average Bonchev–Trinajstić information content (AvgIpc) is 3.06. The maximum Gasteiger partial charge on any atom is 0.256 e. The van der Waals surface area contributed by atoms with Gasteiger partial charge in [-0.2, -0.15) is 5.10 Å². The van der Waals surface area contributed by atoms with Crippen LogP contribution in [0.25, 0.3) is 17.3 Å². The number of aryl methyl sites for hydroxylation is 3. The first-order valence-electron chi connectivity index (χ1n) is 8.51. The van der Waals surface area contributed by atoms with Crippen LogP contribution in [0.4, 0.5) is 5.69 Å². The van der Waals surface area contributed by atoms with Crippen LogP contribution in [0.15, 0.2) is 36.4 Å². The summed E-state index contributed by atoms with van der Waals surface area (Å²) >= 11 is 12.8. The number of nitrogens with one attached hydrogen (secondary N) is 1. The number of halogens is 2. The van der Waals surface area contributed by atoms with Crippen molar-refractivity contribution in [3.05, 3.63) is 74.5 Å². The van der Waals surface area contributed by atoms with Crippen molar-refractivity contribution in [3.63, 3.8) is 0 Å². The normalized spacial score (nSPS) is 14.6. The maximum atomic E-state index is 12.4. The summed E-state index contributed by atoms with van der Waals surface area (Å²) in [7, 11) is 0. The van der Waals surface area contributed by atoms with E-state index in [0.717, 1.165) is 33.8 Å². The predicted octanol–water partition coefficient (Wildman–Crippen LogP) is 5.60. The predicted molar refractivity (Wildman–Crippen MR) is 111 cm³/mol. The van der Waals surface area contributed by atoms with Crippen molar-refractivity contribution in [3.8, 4) is 5.69 Å². The summed E-state index contributed by atoms with van der Waals surface area (Å²) < 4.78 is 1.71. The zero-order valence-corrected chi connectivity index (χ0v) is 16.6. The summed E-state index contributed by atoms with van der Waals surface area (Å²) in [6.07, 6.45) is 1.78. The largest absolute Gasteiger partial charge is 0.321 e. The molecule has 4 nitrogen and oxygen atoms in total. The van der Waals surface area contributed by atoms with Gasteiger partial charge in [-0.05, 0) is 56.7 Å². The Bertz CT molecular complexity index is 1130. The molecule has 1 aliphatic rings. The van der Waals surface area contributed by atoms with Gasteiger partial charge in [-0.3, -0.25) is 4.79 Å². The van der Waals surface area contributed by atoms with Crippen LogP contribution in [0.3, 0.4) is 0 Å². The van der Waals surface area contributed by atoms with E-state index in [0.29, 0.717) is 15.7 Å². The monoisotopic (exact) mass is 397 g/mol. The maximum absolute atomic E-state index is 12.4. The first kappa shape index (κ1) is 17.8. The molecule has 0 aliphatic carbocycles. The summed E-state index contributed by atoms with van der Waals surface area (Å²) in [4.78, 5) is 12.4. The van der Waals surface area contributed by atoms with Gasteiger partial charge in [0.1, 0.15) is 5.15 Å². The molecular formula is C21H17Cl2N3O. The van der Waals surface area contributed by atoms with E-state index in [9.17, 15) is 4.79 Å². The number of hydrogen-bond acceptors (Lipinski definition) is 2. The van der Waals surface area contributed by atoms with Crippen LogP contribution in [0.1, 0.15) is 27.9 Å². The van der Waals surface area contributed by atoms with Crippen LogP contribution in [-0.4, -0.2) is 15.7 Å². The Kier molecular flexibility index (Phi) is 4.33. The second-order valence-electron chi connectivity index (χ2n) is 6.69. The van der Waals surface area contributed by atoms with Gasteiger partial charge in [0.25, 0.3) is 5.91 Å². The van der Waals surface area contributed by atoms with Crippen LogP contribution in [-0.2, 0) is 4.79 Å². The van der Waals surface area contributed by atoms with Crippen LogP contribution in [0.5, 0.6) is 0 Å². The third-order valence-corrected chi connectivity index (χ3v) is 5.28. The summed E-state index contributed by atoms with van der Waals surface area (Å²) in [5, 5.41) is 8.49. The summed E-state index contributed by atoms with van der Waals surface area (Å²) in [6.45, 7) is 5.95. The first-order valence-corrected chi connectivity index (χ1v) is 9.26. The van der Waals surface area contributed by atoms with Crippen LogP contribution >= 0.6 is 23.2 Å². The van der Waals surface area contributed by atoms with Gasteiger partial charge in [-0.1, -0.05) is 40.9 Å². The summed E-state index contributed by atoms with van der Waals surface area (Å²) in [5.41, 5.74) is 6.66. The minimum absolute atomic E-state index is 0.179. The van der Waals surface area contributed by atoms with E-state index in [1.807, 2.05) is 32.9 Å². The molecule has 6 heteroatoms. The van der Waals surface area contributed by atoms with E-state index < -0.39 is 0 Å². The highest BCUT2D eigenvalue weighted by Gasteiger charge is 2.26. The number of rotatable bonds is 2. The molecule has 1 aliphatic heterocycles. The van der Waals surface area contributed by atoms with E-state index in [4.69, 9.17) is 23.2 Å². The van der Waals surface area contributed by atoms with Gasteiger partial charge in [-0.25, -0.2) is 4.68 Å². The van der Waals surface area contributed by atoms with E-state index in [1.54, 1.807) is 29.0 Å². The lowest BCUT2D eigenvalue weighted by molar-refractivity contribution is -0.110. The zero-order chi connectivity index (χ0) is 19.3. The van der Waals surface area contributed by atoms with Gasteiger partial charge in [0.2, 0.25) is 0 Å². The first-order chi connectivity index (χ1) is 12.8. The van der Waals surface area contributed by atoms with Crippen molar-refractivity contribution < 1.29 is 4.79 Å². The number of anilines is 1.